The van der Waals surface area contributed by atoms with E-state index >= 15 is 0 Å². The molecule has 94 valence electrons. The summed E-state index contributed by atoms with van der Waals surface area (Å²) in [5.74, 6) is -2.47. The minimum Gasteiger partial charge on any atom is -0.372 e. The summed E-state index contributed by atoms with van der Waals surface area (Å²) in [5, 5.41) is 3.44. The maximum absolute atomic E-state index is 13.2. The maximum Gasteiger partial charge on any atom is 0.248 e. The molecule has 2 rings (SSSR count). The number of morpholine rings is 1. The van der Waals surface area contributed by atoms with E-state index in [1.807, 2.05) is 0 Å². The van der Waals surface area contributed by atoms with E-state index < -0.39 is 5.92 Å². The highest BCUT2D eigenvalue weighted by molar-refractivity contribution is 5.00. The molecule has 0 aromatic rings. The third-order valence-electron chi connectivity index (χ3n) is 3.92. The van der Waals surface area contributed by atoms with Gasteiger partial charge in [-0.15, -0.1) is 0 Å². The van der Waals surface area contributed by atoms with Gasteiger partial charge in [-0.1, -0.05) is 13.3 Å². The largest absolute Gasteiger partial charge is 0.372 e. The Kier molecular flexibility index (Phi) is 3.50. The monoisotopic (exact) mass is 233 g/mol. The van der Waals surface area contributed by atoms with Crippen molar-refractivity contribution < 1.29 is 13.5 Å². The normalized spacial score (nSPS) is 32.8. The Labute approximate surface area is 95.7 Å². The van der Waals surface area contributed by atoms with Crippen LogP contribution in [0.4, 0.5) is 8.78 Å². The van der Waals surface area contributed by atoms with Gasteiger partial charge in [0.15, 0.2) is 0 Å². The Hall–Kier alpha value is -0.220. The Balaban J connectivity index is 2.04. The molecule has 4 heteroatoms. The predicted molar refractivity (Wildman–Crippen MR) is 58.8 cm³/mol. The van der Waals surface area contributed by atoms with E-state index in [-0.39, 0.29) is 24.5 Å². The third-order valence-corrected chi connectivity index (χ3v) is 3.92. The highest BCUT2D eigenvalue weighted by Gasteiger charge is 2.49. The molecule has 0 aromatic heterocycles. The fraction of sp³-hybridized carbons (Fsp3) is 1.00. The average Bonchev–Trinajstić information content (AvgIpc) is 2.26. The van der Waals surface area contributed by atoms with Crippen molar-refractivity contribution in [3.8, 4) is 0 Å². The Morgan fingerprint density at radius 1 is 1.25 bits per heavy atom. The number of hydrogen-bond acceptors (Lipinski definition) is 2. The van der Waals surface area contributed by atoms with Crippen molar-refractivity contribution >= 4 is 0 Å². The van der Waals surface area contributed by atoms with E-state index in [1.165, 1.54) is 0 Å². The van der Waals surface area contributed by atoms with Gasteiger partial charge in [-0.3, -0.25) is 0 Å². The van der Waals surface area contributed by atoms with Crippen molar-refractivity contribution in [2.45, 2.75) is 63.0 Å². The van der Waals surface area contributed by atoms with Crippen LogP contribution in [-0.4, -0.2) is 30.7 Å². The quantitative estimate of drug-likeness (QED) is 0.791. The zero-order valence-electron chi connectivity index (χ0n) is 9.90. The summed E-state index contributed by atoms with van der Waals surface area (Å²) in [6.45, 7) is 3.63. The van der Waals surface area contributed by atoms with Gasteiger partial charge in [-0.2, -0.15) is 0 Å². The summed E-state index contributed by atoms with van der Waals surface area (Å²) >= 11 is 0. The van der Waals surface area contributed by atoms with Crippen LogP contribution in [0.1, 0.15) is 45.4 Å². The lowest BCUT2D eigenvalue weighted by Crippen LogP contribution is -2.60. The number of nitrogens with one attached hydrogen (secondary N) is 1. The fourth-order valence-corrected chi connectivity index (χ4v) is 2.96. The van der Waals surface area contributed by atoms with Gasteiger partial charge in [0.1, 0.15) is 0 Å². The van der Waals surface area contributed by atoms with Gasteiger partial charge in [-0.05, 0) is 19.3 Å². The highest BCUT2D eigenvalue weighted by Crippen LogP contribution is 2.43. The van der Waals surface area contributed by atoms with Gasteiger partial charge < -0.3 is 10.1 Å². The lowest BCUT2D eigenvalue weighted by Gasteiger charge is -2.48. The summed E-state index contributed by atoms with van der Waals surface area (Å²) in [6, 6.07) is 0.266. The van der Waals surface area contributed by atoms with Crippen LogP contribution in [0.3, 0.4) is 0 Å². The number of ether oxygens (including phenoxy) is 1. The molecule has 1 aliphatic carbocycles. The summed E-state index contributed by atoms with van der Waals surface area (Å²) in [7, 11) is 0. The molecule has 0 radical (unpaired) electrons. The molecule has 1 unspecified atom stereocenters. The summed E-state index contributed by atoms with van der Waals surface area (Å²) < 4.78 is 32.2. The van der Waals surface area contributed by atoms with Crippen molar-refractivity contribution in [1.29, 1.82) is 0 Å². The molecule has 1 saturated carbocycles. The molecule has 0 aromatic carbocycles. The molecule has 2 aliphatic rings. The summed E-state index contributed by atoms with van der Waals surface area (Å²) in [5.41, 5.74) is -0.310. The molecule has 2 fully saturated rings. The first-order valence-corrected chi connectivity index (χ1v) is 6.33. The molecule has 2 nitrogen and oxygen atoms in total. The van der Waals surface area contributed by atoms with Crippen LogP contribution in [0.25, 0.3) is 0 Å². The molecule has 0 bridgehead atoms. The van der Waals surface area contributed by atoms with Crippen molar-refractivity contribution in [2.75, 3.05) is 13.2 Å². The number of alkyl halides is 2. The molecular formula is C12H21F2NO. The average molecular weight is 233 g/mol. The van der Waals surface area contributed by atoms with Gasteiger partial charge >= 0.3 is 0 Å². The molecule has 1 spiro atoms. The van der Waals surface area contributed by atoms with Crippen LogP contribution < -0.4 is 5.32 Å². The molecule has 1 atom stereocenters. The minimum atomic E-state index is -2.47. The molecule has 16 heavy (non-hydrogen) atoms. The fourth-order valence-electron chi connectivity index (χ4n) is 2.96. The van der Waals surface area contributed by atoms with Crippen molar-refractivity contribution in [3.05, 3.63) is 0 Å². The zero-order chi connectivity index (χ0) is 11.6. The van der Waals surface area contributed by atoms with Crippen LogP contribution in [0.5, 0.6) is 0 Å². The van der Waals surface area contributed by atoms with E-state index in [4.69, 9.17) is 4.74 Å². The Bertz CT molecular complexity index is 233. The van der Waals surface area contributed by atoms with Crippen LogP contribution in [-0.2, 0) is 4.74 Å². The van der Waals surface area contributed by atoms with Crippen LogP contribution in [0.15, 0.2) is 0 Å². The van der Waals surface area contributed by atoms with Crippen molar-refractivity contribution in [1.82, 2.24) is 5.32 Å². The smallest absolute Gasteiger partial charge is 0.248 e. The van der Waals surface area contributed by atoms with Crippen LogP contribution in [0.2, 0.25) is 0 Å². The van der Waals surface area contributed by atoms with Gasteiger partial charge in [0, 0.05) is 25.4 Å². The third kappa shape index (κ3) is 2.38. The SMILES string of the molecule is CCCC1NCCOC12CCC(F)(F)CC2. The first kappa shape index (κ1) is 12.2. The van der Waals surface area contributed by atoms with Crippen molar-refractivity contribution in [3.63, 3.8) is 0 Å². The topological polar surface area (TPSA) is 21.3 Å². The lowest BCUT2D eigenvalue weighted by atomic mass is 9.75. The first-order chi connectivity index (χ1) is 7.58. The first-order valence-electron chi connectivity index (χ1n) is 6.33. The number of halogens is 2. The summed E-state index contributed by atoms with van der Waals surface area (Å²) in [6.07, 6.45) is 3.05. The minimum absolute atomic E-state index is 0.0190. The lowest BCUT2D eigenvalue weighted by molar-refractivity contribution is -0.162. The molecular weight excluding hydrogens is 212 g/mol. The van der Waals surface area contributed by atoms with Gasteiger partial charge in [0.2, 0.25) is 5.92 Å². The van der Waals surface area contributed by atoms with Crippen molar-refractivity contribution in [2.24, 2.45) is 0 Å². The molecule has 0 amide bonds. The van der Waals surface area contributed by atoms with E-state index in [0.717, 1.165) is 19.4 Å². The molecule has 1 heterocycles. The standard InChI is InChI=1S/C12H21F2NO/c1-2-3-10-11(16-9-8-15-10)4-6-12(13,14)7-5-11/h10,15H,2-9H2,1H3. The second kappa shape index (κ2) is 4.57. The second-order valence-corrected chi connectivity index (χ2v) is 5.06. The van der Waals surface area contributed by atoms with Crippen LogP contribution in [0, 0.1) is 0 Å². The molecule has 1 saturated heterocycles. The Morgan fingerprint density at radius 2 is 1.94 bits per heavy atom. The highest BCUT2D eigenvalue weighted by atomic mass is 19.3. The van der Waals surface area contributed by atoms with Gasteiger partial charge in [0.25, 0.3) is 0 Å². The number of hydrogen-bond donors (Lipinski definition) is 1. The molecule has 1 N–H and O–H groups in total. The van der Waals surface area contributed by atoms with E-state index in [2.05, 4.69) is 12.2 Å². The van der Waals surface area contributed by atoms with Gasteiger partial charge in [-0.25, -0.2) is 8.78 Å². The summed E-state index contributed by atoms with van der Waals surface area (Å²) in [4.78, 5) is 0. The second-order valence-electron chi connectivity index (χ2n) is 5.06. The van der Waals surface area contributed by atoms with Gasteiger partial charge in [0.05, 0.1) is 12.2 Å². The predicted octanol–water partition coefficient (Wildman–Crippen LogP) is 2.72. The Morgan fingerprint density at radius 3 is 2.56 bits per heavy atom. The van der Waals surface area contributed by atoms with E-state index in [1.54, 1.807) is 0 Å². The molecule has 1 aliphatic heterocycles. The zero-order valence-corrected chi connectivity index (χ0v) is 9.90. The van der Waals surface area contributed by atoms with E-state index in [0.29, 0.717) is 19.4 Å². The maximum atomic E-state index is 13.2. The van der Waals surface area contributed by atoms with E-state index in [9.17, 15) is 8.78 Å². The number of rotatable bonds is 2. The van der Waals surface area contributed by atoms with Crippen LogP contribution >= 0.6 is 0 Å².